The molecule has 2 unspecified atom stereocenters. The van der Waals surface area contributed by atoms with Gasteiger partial charge < -0.3 is 27.2 Å². The predicted octanol–water partition coefficient (Wildman–Crippen LogP) is 3.16. The van der Waals surface area contributed by atoms with Gasteiger partial charge in [0.05, 0.1) is 25.4 Å². The van der Waals surface area contributed by atoms with Crippen LogP contribution in [-0.2, 0) is 27.2 Å². The van der Waals surface area contributed by atoms with Gasteiger partial charge in [-0.1, -0.05) is 26.7 Å². The minimum Gasteiger partial charge on any atom is -0.376 e. The number of rotatable bonds is 16. The molecule has 0 heterocycles. The lowest BCUT2D eigenvalue weighted by Crippen LogP contribution is -2.50. The predicted molar refractivity (Wildman–Crippen MR) is 92.3 cm³/mol. The van der Waals surface area contributed by atoms with E-state index in [1.54, 1.807) is 14.2 Å². The minimum atomic E-state index is -3.15. The van der Waals surface area contributed by atoms with Crippen molar-refractivity contribution in [3.63, 3.8) is 0 Å². The van der Waals surface area contributed by atoms with Crippen molar-refractivity contribution in [3.05, 3.63) is 0 Å². The Hall–Kier alpha value is -0.0231. The van der Waals surface area contributed by atoms with Crippen LogP contribution in [0.3, 0.4) is 0 Å². The highest BCUT2D eigenvalue weighted by molar-refractivity contribution is 6.53. The van der Waals surface area contributed by atoms with Gasteiger partial charge in [-0.2, -0.15) is 0 Å². The largest absolute Gasteiger partial charge is 0.679 e. The Balaban J connectivity index is 4.57. The molecule has 0 fully saturated rings. The monoisotopic (exact) mass is 352 g/mol. The normalized spacial score (nSPS) is 14.9. The van der Waals surface area contributed by atoms with Crippen molar-refractivity contribution >= 4 is 9.05 Å². The fourth-order valence-corrected chi connectivity index (χ4v) is 3.80. The van der Waals surface area contributed by atoms with Crippen molar-refractivity contribution in [2.45, 2.75) is 65.6 Å². The molecule has 0 N–H and O–H groups in total. The lowest BCUT2D eigenvalue weighted by Gasteiger charge is -2.29. The summed E-state index contributed by atoms with van der Waals surface area (Å²) in [5, 5.41) is 0. The topological polar surface area (TPSA) is 55.4 Å². The number of ether oxygens (including phenoxy) is 2. The Morgan fingerprint density at radius 3 is 1.35 bits per heavy atom. The van der Waals surface area contributed by atoms with E-state index in [1.165, 1.54) is 0 Å². The Bertz CT molecular complexity index is 229. The van der Waals surface area contributed by atoms with Crippen LogP contribution in [0.5, 0.6) is 0 Å². The first kappa shape index (κ1) is 23.0. The van der Waals surface area contributed by atoms with E-state index < -0.39 is 9.05 Å². The van der Waals surface area contributed by atoms with Gasteiger partial charge in [-0.15, -0.1) is 0 Å². The van der Waals surface area contributed by atoms with Gasteiger partial charge in [-0.3, -0.25) is 0 Å². The van der Waals surface area contributed by atoms with Gasteiger partial charge in [-0.25, -0.2) is 0 Å². The van der Waals surface area contributed by atoms with Crippen LogP contribution < -0.4 is 0 Å². The van der Waals surface area contributed by atoms with E-state index in [1.807, 2.05) is 13.8 Å². The molecule has 0 saturated carbocycles. The minimum absolute atomic E-state index is 0.0316. The summed E-state index contributed by atoms with van der Waals surface area (Å²) in [4.78, 5) is 0. The molecule has 0 amide bonds. The molecule has 7 heteroatoms. The van der Waals surface area contributed by atoms with Gasteiger partial charge in [0.1, 0.15) is 0 Å². The standard InChI is InChI=1S/C16H36O6Si/c1-7-11-15(19-9-3)13-21-23(17-5,18-6)22-14-16(12-8-2)20-10-4/h15-16H,7-14H2,1-6H3. The average molecular weight is 353 g/mol. The Morgan fingerprint density at radius 2 is 1.09 bits per heavy atom. The molecular weight excluding hydrogens is 316 g/mol. The van der Waals surface area contributed by atoms with Gasteiger partial charge >= 0.3 is 9.05 Å². The Labute approximate surface area is 143 Å². The maximum absolute atomic E-state index is 5.89. The molecule has 0 bridgehead atoms. The van der Waals surface area contributed by atoms with Crippen LogP contribution >= 0.6 is 0 Å². The molecule has 0 aliphatic rings. The van der Waals surface area contributed by atoms with Crippen LogP contribution in [0.25, 0.3) is 0 Å². The molecule has 140 valence electrons. The fourth-order valence-electron chi connectivity index (χ4n) is 2.30. The van der Waals surface area contributed by atoms with Crippen molar-refractivity contribution in [2.24, 2.45) is 0 Å². The van der Waals surface area contributed by atoms with E-state index in [0.717, 1.165) is 25.7 Å². The highest BCUT2D eigenvalue weighted by Crippen LogP contribution is 2.15. The molecule has 0 rings (SSSR count). The van der Waals surface area contributed by atoms with Gasteiger partial charge in [0.2, 0.25) is 0 Å². The van der Waals surface area contributed by atoms with Crippen LogP contribution in [0, 0.1) is 0 Å². The zero-order valence-electron chi connectivity index (χ0n) is 15.8. The average Bonchev–Trinajstić information content (AvgIpc) is 2.56. The first-order valence-corrected chi connectivity index (χ1v) is 10.4. The van der Waals surface area contributed by atoms with E-state index in [0.29, 0.717) is 26.4 Å². The quantitative estimate of drug-likeness (QED) is 0.398. The third kappa shape index (κ3) is 9.76. The third-order valence-electron chi connectivity index (χ3n) is 3.42. The summed E-state index contributed by atoms with van der Waals surface area (Å²) in [5.41, 5.74) is 0. The SMILES string of the molecule is CCCC(CO[Si](OC)(OC)OCC(CCC)OCC)OCC. The molecule has 23 heavy (non-hydrogen) atoms. The van der Waals surface area contributed by atoms with Crippen molar-refractivity contribution < 1.29 is 27.2 Å². The van der Waals surface area contributed by atoms with Crippen molar-refractivity contribution in [3.8, 4) is 0 Å². The first-order valence-electron chi connectivity index (χ1n) is 8.72. The lowest BCUT2D eigenvalue weighted by molar-refractivity contribution is -0.0689. The first-order chi connectivity index (χ1) is 11.1. The van der Waals surface area contributed by atoms with Gasteiger partial charge in [0.25, 0.3) is 0 Å². The van der Waals surface area contributed by atoms with E-state index in [2.05, 4.69) is 13.8 Å². The third-order valence-corrected chi connectivity index (χ3v) is 5.46. The summed E-state index contributed by atoms with van der Waals surface area (Å²) in [6.45, 7) is 10.3. The second-order valence-electron chi connectivity index (χ2n) is 5.26. The van der Waals surface area contributed by atoms with Gasteiger partial charge in [0.15, 0.2) is 0 Å². The highest BCUT2D eigenvalue weighted by atomic mass is 28.4. The molecule has 0 saturated heterocycles. The zero-order chi connectivity index (χ0) is 17.6. The summed E-state index contributed by atoms with van der Waals surface area (Å²) in [6.07, 6.45) is 4.00. The van der Waals surface area contributed by atoms with Crippen LogP contribution in [-0.4, -0.2) is 61.9 Å². The van der Waals surface area contributed by atoms with Crippen LogP contribution in [0.1, 0.15) is 53.4 Å². The number of hydrogen-bond acceptors (Lipinski definition) is 6. The smallest absolute Gasteiger partial charge is 0.376 e. The second kappa shape index (κ2) is 14.3. The summed E-state index contributed by atoms with van der Waals surface area (Å²) in [5.74, 6) is 0. The Morgan fingerprint density at radius 1 is 0.696 bits per heavy atom. The van der Waals surface area contributed by atoms with E-state index >= 15 is 0 Å². The molecule has 0 aromatic heterocycles. The summed E-state index contributed by atoms with van der Waals surface area (Å²) < 4.78 is 34.1. The van der Waals surface area contributed by atoms with Crippen molar-refractivity contribution in [1.82, 2.24) is 0 Å². The maximum Gasteiger partial charge on any atom is 0.679 e. The van der Waals surface area contributed by atoms with Crippen LogP contribution in [0.2, 0.25) is 0 Å². The molecule has 0 aliphatic heterocycles. The lowest BCUT2D eigenvalue weighted by atomic mass is 10.2. The summed E-state index contributed by atoms with van der Waals surface area (Å²) in [7, 11) is -0.0325. The second-order valence-corrected chi connectivity index (χ2v) is 7.66. The summed E-state index contributed by atoms with van der Waals surface area (Å²) >= 11 is 0. The van der Waals surface area contributed by atoms with Gasteiger partial charge in [0, 0.05) is 27.4 Å². The van der Waals surface area contributed by atoms with Gasteiger partial charge in [-0.05, 0) is 26.7 Å². The molecule has 0 aliphatic carbocycles. The molecular formula is C16H36O6Si. The molecule has 2 atom stereocenters. The van der Waals surface area contributed by atoms with E-state index in [9.17, 15) is 0 Å². The molecule has 0 aromatic carbocycles. The van der Waals surface area contributed by atoms with Crippen LogP contribution in [0.15, 0.2) is 0 Å². The molecule has 0 aromatic rings. The summed E-state index contributed by atoms with van der Waals surface area (Å²) in [6, 6.07) is 0. The van der Waals surface area contributed by atoms with E-state index in [-0.39, 0.29) is 12.2 Å². The molecule has 0 spiro atoms. The fraction of sp³-hybridized carbons (Fsp3) is 1.00. The maximum atomic E-state index is 5.89. The molecule has 0 radical (unpaired) electrons. The van der Waals surface area contributed by atoms with Crippen LogP contribution in [0.4, 0.5) is 0 Å². The van der Waals surface area contributed by atoms with E-state index in [4.69, 9.17) is 27.2 Å². The highest BCUT2D eigenvalue weighted by Gasteiger charge is 2.44. The van der Waals surface area contributed by atoms with Crippen molar-refractivity contribution in [1.29, 1.82) is 0 Å². The molecule has 6 nitrogen and oxygen atoms in total. The zero-order valence-corrected chi connectivity index (χ0v) is 16.8. The van der Waals surface area contributed by atoms with Crippen molar-refractivity contribution in [2.75, 3.05) is 40.6 Å². The number of hydrogen-bond donors (Lipinski definition) is 0. The Kier molecular flexibility index (Phi) is 14.3.